The van der Waals surface area contributed by atoms with Crippen molar-refractivity contribution in [3.63, 3.8) is 0 Å². The summed E-state index contributed by atoms with van der Waals surface area (Å²) in [7, 11) is 0. The highest BCUT2D eigenvalue weighted by molar-refractivity contribution is 5.97. The summed E-state index contributed by atoms with van der Waals surface area (Å²) in [5, 5.41) is 9.04. The Morgan fingerprint density at radius 2 is 2.24 bits per heavy atom. The van der Waals surface area contributed by atoms with Gasteiger partial charge in [0.25, 0.3) is 5.91 Å². The van der Waals surface area contributed by atoms with Crippen molar-refractivity contribution in [2.75, 3.05) is 18.5 Å². The van der Waals surface area contributed by atoms with Crippen molar-refractivity contribution in [3.8, 4) is 5.75 Å². The molecule has 0 aromatic heterocycles. The Morgan fingerprint density at radius 1 is 1.44 bits per heavy atom. The van der Waals surface area contributed by atoms with Crippen molar-refractivity contribution in [2.45, 2.75) is 51.5 Å². The summed E-state index contributed by atoms with van der Waals surface area (Å²) in [5.74, 6) is 0.428. The van der Waals surface area contributed by atoms with Gasteiger partial charge >= 0.3 is 0 Å². The van der Waals surface area contributed by atoms with Gasteiger partial charge in [0, 0.05) is 6.54 Å². The predicted octanol–water partition coefficient (Wildman–Crippen LogP) is 1.35. The number of carbonyl (C=O) groups is 2. The number of carbonyl (C=O) groups excluding carboxylic acids is 2. The lowest BCUT2D eigenvalue weighted by Crippen LogP contribution is -2.55. The van der Waals surface area contributed by atoms with Gasteiger partial charge in [-0.05, 0) is 38.0 Å². The lowest BCUT2D eigenvalue weighted by atomic mass is 10.0. The van der Waals surface area contributed by atoms with E-state index in [-0.39, 0.29) is 30.0 Å². The van der Waals surface area contributed by atoms with E-state index in [0.717, 1.165) is 5.56 Å². The van der Waals surface area contributed by atoms with Gasteiger partial charge in [0.15, 0.2) is 6.10 Å². The van der Waals surface area contributed by atoms with Crippen LogP contribution in [-0.4, -0.2) is 43.2 Å². The van der Waals surface area contributed by atoms with Crippen molar-refractivity contribution in [1.82, 2.24) is 10.6 Å². The lowest BCUT2D eigenvalue weighted by molar-refractivity contribution is -0.129. The van der Waals surface area contributed by atoms with Gasteiger partial charge in [-0.15, -0.1) is 0 Å². The van der Waals surface area contributed by atoms with E-state index in [1.807, 2.05) is 39.0 Å². The van der Waals surface area contributed by atoms with Crippen LogP contribution in [0.25, 0.3) is 0 Å². The first-order chi connectivity index (χ1) is 12.0. The van der Waals surface area contributed by atoms with E-state index in [1.54, 1.807) is 0 Å². The average Bonchev–Trinajstić information content (AvgIpc) is 2.60. The van der Waals surface area contributed by atoms with Crippen LogP contribution in [0.15, 0.2) is 18.2 Å². The number of nitrogens with one attached hydrogen (secondary N) is 3. The summed E-state index contributed by atoms with van der Waals surface area (Å²) in [4.78, 5) is 24.3. The third-order valence-electron chi connectivity index (χ3n) is 4.65. The number of hydrogen-bond acceptors (Lipinski definition) is 5. The maximum Gasteiger partial charge on any atom is 0.265 e. The van der Waals surface area contributed by atoms with Crippen LogP contribution in [0, 0.1) is 0 Å². The highest BCUT2D eigenvalue weighted by Crippen LogP contribution is 2.33. The van der Waals surface area contributed by atoms with Crippen LogP contribution in [0.5, 0.6) is 5.75 Å². The summed E-state index contributed by atoms with van der Waals surface area (Å²) in [6.45, 7) is 7.00. The first-order valence-electron chi connectivity index (χ1n) is 8.76. The average molecular weight is 347 g/mol. The van der Waals surface area contributed by atoms with Crippen LogP contribution in [0.3, 0.4) is 0 Å². The molecule has 7 heteroatoms. The number of anilines is 1. The van der Waals surface area contributed by atoms with Gasteiger partial charge in [-0.2, -0.15) is 0 Å². The summed E-state index contributed by atoms with van der Waals surface area (Å²) in [6, 6.07) is 5.02. The molecule has 136 valence electrons. The van der Waals surface area contributed by atoms with Crippen molar-refractivity contribution >= 4 is 17.5 Å². The number of morpholine rings is 1. The molecular formula is C18H25N3O4. The first kappa shape index (κ1) is 17.7. The summed E-state index contributed by atoms with van der Waals surface area (Å²) in [6.07, 6.45) is -0.0297. The van der Waals surface area contributed by atoms with Crippen molar-refractivity contribution < 1.29 is 19.1 Å². The minimum absolute atomic E-state index is 0.0851. The molecule has 7 nitrogen and oxygen atoms in total. The quantitative estimate of drug-likeness (QED) is 0.765. The minimum Gasteiger partial charge on any atom is -0.478 e. The smallest absolute Gasteiger partial charge is 0.265 e. The fraction of sp³-hybridized carbons (Fsp3) is 0.556. The SMILES string of the molecule is CCC1Oc2cc(C(C)NC(=O)[C@H]3NCCO[C@@H]3C)ccc2NC1=O. The van der Waals surface area contributed by atoms with E-state index in [4.69, 9.17) is 9.47 Å². The summed E-state index contributed by atoms with van der Waals surface area (Å²) < 4.78 is 11.3. The van der Waals surface area contributed by atoms with E-state index in [9.17, 15) is 9.59 Å². The Balaban J connectivity index is 1.69. The fourth-order valence-electron chi connectivity index (χ4n) is 3.11. The largest absolute Gasteiger partial charge is 0.478 e. The number of benzene rings is 1. The molecule has 3 N–H and O–H groups in total. The fourth-order valence-corrected chi connectivity index (χ4v) is 3.11. The molecule has 1 saturated heterocycles. The number of fused-ring (bicyclic) bond motifs is 1. The Labute approximate surface area is 147 Å². The van der Waals surface area contributed by atoms with Gasteiger partial charge in [0.05, 0.1) is 24.4 Å². The molecule has 1 aromatic carbocycles. The highest BCUT2D eigenvalue weighted by atomic mass is 16.5. The number of amides is 2. The van der Waals surface area contributed by atoms with Crippen LogP contribution in [0.2, 0.25) is 0 Å². The Morgan fingerprint density at radius 3 is 2.96 bits per heavy atom. The van der Waals surface area contributed by atoms with Crippen LogP contribution in [0.4, 0.5) is 5.69 Å². The molecule has 2 aliphatic rings. The first-order valence-corrected chi connectivity index (χ1v) is 8.76. The van der Waals surface area contributed by atoms with Crippen LogP contribution in [0.1, 0.15) is 38.8 Å². The maximum absolute atomic E-state index is 12.5. The third-order valence-corrected chi connectivity index (χ3v) is 4.65. The molecule has 0 radical (unpaired) electrons. The molecule has 25 heavy (non-hydrogen) atoms. The second kappa shape index (κ2) is 7.41. The maximum atomic E-state index is 12.5. The molecule has 2 amide bonds. The van der Waals surface area contributed by atoms with Crippen LogP contribution in [-0.2, 0) is 14.3 Å². The Bertz CT molecular complexity index is 664. The second-order valence-corrected chi connectivity index (χ2v) is 6.50. The molecular weight excluding hydrogens is 322 g/mol. The molecule has 0 saturated carbocycles. The zero-order valence-corrected chi connectivity index (χ0v) is 14.8. The predicted molar refractivity (Wildman–Crippen MR) is 93.5 cm³/mol. The number of ether oxygens (including phenoxy) is 2. The second-order valence-electron chi connectivity index (χ2n) is 6.50. The van der Waals surface area contributed by atoms with E-state index < -0.39 is 6.10 Å². The Hall–Kier alpha value is -2.12. The molecule has 0 aliphatic carbocycles. The molecule has 2 heterocycles. The molecule has 3 rings (SSSR count). The van der Waals surface area contributed by atoms with Gasteiger partial charge in [0.1, 0.15) is 11.8 Å². The summed E-state index contributed by atoms with van der Waals surface area (Å²) in [5.41, 5.74) is 1.58. The molecule has 4 atom stereocenters. The van der Waals surface area contributed by atoms with Gasteiger partial charge < -0.3 is 25.4 Å². The standard InChI is InChI=1S/C18H25N3O4/c1-4-14-17(22)21-13-6-5-12(9-15(13)25-14)10(2)20-18(23)16-11(3)24-8-7-19-16/h5-6,9-11,14,16,19H,4,7-8H2,1-3H3,(H,20,23)(H,21,22)/t10?,11-,14?,16+/m1/s1. The van der Waals surface area contributed by atoms with Crippen molar-refractivity contribution in [3.05, 3.63) is 23.8 Å². The molecule has 1 fully saturated rings. The third kappa shape index (κ3) is 3.77. The van der Waals surface area contributed by atoms with E-state index in [2.05, 4.69) is 16.0 Å². The Kier molecular flexibility index (Phi) is 5.24. The van der Waals surface area contributed by atoms with E-state index in [1.165, 1.54) is 0 Å². The normalized spacial score (nSPS) is 26.8. The van der Waals surface area contributed by atoms with Crippen molar-refractivity contribution in [2.24, 2.45) is 0 Å². The molecule has 0 spiro atoms. The number of hydrogen-bond donors (Lipinski definition) is 3. The van der Waals surface area contributed by atoms with Gasteiger partial charge in [-0.1, -0.05) is 13.0 Å². The molecule has 1 aromatic rings. The van der Waals surface area contributed by atoms with E-state index in [0.29, 0.717) is 31.0 Å². The molecule has 0 bridgehead atoms. The topological polar surface area (TPSA) is 88.7 Å². The molecule has 2 aliphatic heterocycles. The minimum atomic E-state index is -0.475. The zero-order chi connectivity index (χ0) is 18.0. The van der Waals surface area contributed by atoms with Gasteiger partial charge in [-0.25, -0.2) is 0 Å². The lowest BCUT2D eigenvalue weighted by Gasteiger charge is -2.30. The zero-order valence-electron chi connectivity index (χ0n) is 14.8. The van der Waals surface area contributed by atoms with Crippen LogP contribution < -0.4 is 20.7 Å². The van der Waals surface area contributed by atoms with Crippen LogP contribution >= 0.6 is 0 Å². The van der Waals surface area contributed by atoms with Crippen molar-refractivity contribution in [1.29, 1.82) is 0 Å². The number of rotatable bonds is 4. The summed E-state index contributed by atoms with van der Waals surface area (Å²) >= 11 is 0. The highest BCUT2D eigenvalue weighted by Gasteiger charge is 2.30. The van der Waals surface area contributed by atoms with E-state index >= 15 is 0 Å². The molecule has 2 unspecified atom stereocenters. The monoisotopic (exact) mass is 347 g/mol. The van der Waals surface area contributed by atoms with Gasteiger partial charge in [0.2, 0.25) is 5.91 Å². The van der Waals surface area contributed by atoms with Gasteiger partial charge in [-0.3, -0.25) is 9.59 Å².